The highest BCUT2D eigenvalue weighted by Crippen LogP contribution is 1.84. The van der Waals surface area contributed by atoms with Crippen molar-refractivity contribution in [3.63, 3.8) is 0 Å². The van der Waals surface area contributed by atoms with Crippen LogP contribution in [0, 0.1) is 0 Å². The topological polar surface area (TPSA) is 148 Å². The van der Waals surface area contributed by atoms with Crippen LogP contribution in [0.15, 0.2) is 0 Å². The summed E-state index contributed by atoms with van der Waals surface area (Å²) < 4.78 is 0. The number of carbonyl (C=O) groups excluding carboxylic acids is 2. The maximum absolute atomic E-state index is 11.3. The first-order chi connectivity index (χ1) is 7.38. The van der Waals surface area contributed by atoms with Gasteiger partial charge in [0.15, 0.2) is 0 Å². The largest absolute Gasteiger partial charge is 0.480 e. The van der Waals surface area contributed by atoms with Crippen LogP contribution in [0.4, 0.5) is 0 Å². The molecule has 2 atom stereocenters. The predicted molar refractivity (Wildman–Crippen MR) is 55.3 cm³/mol. The summed E-state index contributed by atoms with van der Waals surface area (Å²) in [5.74, 6) is -2.36. The summed E-state index contributed by atoms with van der Waals surface area (Å²) in [6.07, 6.45) is 0. The lowest BCUT2D eigenvalue weighted by Crippen LogP contribution is -2.54. The molecule has 0 fully saturated rings. The second-order valence-corrected chi connectivity index (χ2v) is 3.20. The van der Waals surface area contributed by atoms with Crippen LogP contribution in [0.25, 0.3) is 0 Å². The third-order valence-corrected chi connectivity index (χ3v) is 1.70. The van der Waals surface area contributed by atoms with E-state index in [4.69, 9.17) is 16.6 Å². The number of nitrogens with one attached hydrogen (secondary N) is 2. The molecule has 0 aliphatic heterocycles. The molecule has 0 saturated heterocycles. The first-order valence-corrected chi connectivity index (χ1v) is 4.64. The fourth-order valence-electron chi connectivity index (χ4n) is 0.821. The van der Waals surface area contributed by atoms with E-state index in [9.17, 15) is 14.4 Å². The van der Waals surface area contributed by atoms with Crippen molar-refractivity contribution in [1.82, 2.24) is 10.6 Å². The summed E-state index contributed by atoms with van der Waals surface area (Å²) in [6.45, 7) is 0.797. The highest BCUT2D eigenvalue weighted by molar-refractivity contribution is 5.90. The van der Waals surface area contributed by atoms with Gasteiger partial charge in [-0.15, -0.1) is 0 Å². The van der Waals surface area contributed by atoms with E-state index < -0.39 is 36.4 Å². The Hall–Kier alpha value is -1.67. The predicted octanol–water partition coefficient (Wildman–Crippen LogP) is -3.02. The van der Waals surface area contributed by atoms with Crippen LogP contribution in [0.1, 0.15) is 6.92 Å². The van der Waals surface area contributed by atoms with Crippen LogP contribution in [0.3, 0.4) is 0 Å². The van der Waals surface area contributed by atoms with Gasteiger partial charge in [0, 0.05) is 6.54 Å². The van der Waals surface area contributed by atoms with E-state index in [2.05, 4.69) is 10.6 Å². The zero-order valence-corrected chi connectivity index (χ0v) is 8.90. The molecular formula is C8H16N4O4. The molecule has 8 nitrogen and oxygen atoms in total. The number of hydrogen-bond acceptors (Lipinski definition) is 5. The molecule has 0 saturated carbocycles. The third kappa shape index (κ3) is 5.27. The van der Waals surface area contributed by atoms with Crippen molar-refractivity contribution in [1.29, 1.82) is 0 Å². The SMILES string of the molecule is C[C@H](N)C(=O)N[C@@H](CN)C(=O)NCC(=O)O. The summed E-state index contributed by atoms with van der Waals surface area (Å²) in [5, 5.41) is 12.7. The van der Waals surface area contributed by atoms with Gasteiger partial charge in [-0.1, -0.05) is 0 Å². The molecule has 0 aromatic carbocycles. The van der Waals surface area contributed by atoms with Crippen molar-refractivity contribution in [2.75, 3.05) is 13.1 Å². The Morgan fingerprint density at radius 3 is 2.25 bits per heavy atom. The van der Waals surface area contributed by atoms with Gasteiger partial charge in [-0.25, -0.2) is 0 Å². The standard InChI is InChI=1S/C8H16N4O4/c1-4(10)7(15)12-5(2-9)8(16)11-3-6(13)14/h4-5H,2-3,9-10H2,1H3,(H,11,16)(H,12,15)(H,13,14)/t4-,5-/m0/s1. The number of rotatable bonds is 6. The van der Waals surface area contributed by atoms with Crippen LogP contribution in [-0.4, -0.2) is 48.1 Å². The molecule has 0 aromatic heterocycles. The van der Waals surface area contributed by atoms with Crippen LogP contribution in [0.2, 0.25) is 0 Å². The number of carboxylic acids is 1. The van der Waals surface area contributed by atoms with Gasteiger partial charge in [0.25, 0.3) is 0 Å². The maximum atomic E-state index is 11.3. The van der Waals surface area contributed by atoms with Gasteiger partial charge < -0.3 is 27.2 Å². The molecule has 0 rings (SSSR count). The summed E-state index contributed by atoms with van der Waals surface area (Å²) in [6, 6.07) is -1.74. The van der Waals surface area contributed by atoms with E-state index in [0.29, 0.717) is 0 Å². The number of amides is 2. The van der Waals surface area contributed by atoms with E-state index in [1.165, 1.54) is 6.92 Å². The second kappa shape index (κ2) is 6.75. The molecule has 0 heterocycles. The minimum atomic E-state index is -1.18. The fourth-order valence-corrected chi connectivity index (χ4v) is 0.821. The normalized spacial score (nSPS) is 13.7. The van der Waals surface area contributed by atoms with Gasteiger partial charge in [0.2, 0.25) is 11.8 Å². The van der Waals surface area contributed by atoms with Crippen molar-refractivity contribution in [2.24, 2.45) is 11.5 Å². The maximum Gasteiger partial charge on any atom is 0.322 e. The molecule has 7 N–H and O–H groups in total. The van der Waals surface area contributed by atoms with Crippen LogP contribution in [-0.2, 0) is 14.4 Å². The number of carboxylic acid groups (broad SMARTS) is 1. The highest BCUT2D eigenvalue weighted by atomic mass is 16.4. The van der Waals surface area contributed by atoms with Crippen molar-refractivity contribution < 1.29 is 19.5 Å². The van der Waals surface area contributed by atoms with Crippen LogP contribution >= 0.6 is 0 Å². The Bertz CT molecular complexity index is 279. The first kappa shape index (κ1) is 14.3. The van der Waals surface area contributed by atoms with Crippen molar-refractivity contribution in [3.05, 3.63) is 0 Å². The van der Waals surface area contributed by atoms with Gasteiger partial charge in [0.1, 0.15) is 12.6 Å². The highest BCUT2D eigenvalue weighted by Gasteiger charge is 2.20. The fraction of sp³-hybridized carbons (Fsp3) is 0.625. The summed E-state index contributed by atoms with van der Waals surface area (Å²) in [7, 11) is 0. The molecule has 92 valence electrons. The van der Waals surface area contributed by atoms with Crippen LogP contribution < -0.4 is 22.1 Å². The van der Waals surface area contributed by atoms with Crippen molar-refractivity contribution >= 4 is 17.8 Å². The summed E-state index contributed by atoms with van der Waals surface area (Å²) in [4.78, 5) is 32.7. The second-order valence-electron chi connectivity index (χ2n) is 3.20. The van der Waals surface area contributed by atoms with Crippen LogP contribution in [0.5, 0.6) is 0 Å². The molecule has 0 aliphatic carbocycles. The first-order valence-electron chi connectivity index (χ1n) is 4.64. The molecule has 0 spiro atoms. The van der Waals surface area contributed by atoms with Gasteiger partial charge in [-0.2, -0.15) is 0 Å². The lowest BCUT2D eigenvalue weighted by Gasteiger charge is -2.17. The molecule has 2 amide bonds. The molecule has 8 heteroatoms. The van der Waals surface area contributed by atoms with Crippen molar-refractivity contribution in [2.45, 2.75) is 19.0 Å². The Morgan fingerprint density at radius 2 is 1.88 bits per heavy atom. The lowest BCUT2D eigenvalue weighted by molar-refractivity contribution is -0.138. The molecule has 0 aliphatic rings. The quantitative estimate of drug-likeness (QED) is 0.329. The molecule has 16 heavy (non-hydrogen) atoms. The zero-order chi connectivity index (χ0) is 12.7. The Kier molecular flexibility index (Phi) is 6.04. The van der Waals surface area contributed by atoms with Gasteiger partial charge in [-0.05, 0) is 6.92 Å². The van der Waals surface area contributed by atoms with Crippen molar-refractivity contribution in [3.8, 4) is 0 Å². The Morgan fingerprint density at radius 1 is 1.31 bits per heavy atom. The molecular weight excluding hydrogens is 216 g/mol. The van der Waals surface area contributed by atoms with E-state index >= 15 is 0 Å². The molecule has 0 bridgehead atoms. The minimum absolute atomic E-state index is 0.135. The zero-order valence-electron chi connectivity index (χ0n) is 8.90. The average Bonchev–Trinajstić information content (AvgIpc) is 2.21. The number of hydrogen-bond donors (Lipinski definition) is 5. The minimum Gasteiger partial charge on any atom is -0.480 e. The summed E-state index contributed by atoms with van der Waals surface area (Å²) >= 11 is 0. The lowest BCUT2D eigenvalue weighted by atomic mass is 10.2. The Balaban J connectivity index is 4.22. The molecule has 0 aromatic rings. The number of carbonyl (C=O) groups is 3. The third-order valence-electron chi connectivity index (χ3n) is 1.70. The van der Waals surface area contributed by atoms with E-state index in [1.54, 1.807) is 0 Å². The smallest absolute Gasteiger partial charge is 0.322 e. The van der Waals surface area contributed by atoms with Gasteiger partial charge in [-0.3, -0.25) is 14.4 Å². The van der Waals surface area contributed by atoms with Gasteiger partial charge in [0.05, 0.1) is 6.04 Å². The van der Waals surface area contributed by atoms with Gasteiger partial charge >= 0.3 is 5.97 Å². The van der Waals surface area contributed by atoms with E-state index in [1.807, 2.05) is 0 Å². The molecule has 0 unspecified atom stereocenters. The number of aliphatic carboxylic acids is 1. The van der Waals surface area contributed by atoms with E-state index in [0.717, 1.165) is 0 Å². The monoisotopic (exact) mass is 232 g/mol. The van der Waals surface area contributed by atoms with E-state index in [-0.39, 0.29) is 6.54 Å². The average molecular weight is 232 g/mol. The number of nitrogens with two attached hydrogens (primary N) is 2. The summed E-state index contributed by atoms with van der Waals surface area (Å²) in [5.41, 5.74) is 10.5. The Labute approximate surface area is 92.4 Å². The molecule has 0 radical (unpaired) electrons.